The molecule has 3 rings (SSSR count). The summed E-state index contributed by atoms with van der Waals surface area (Å²) < 4.78 is 6.14. The number of ether oxygens (including phenoxy) is 1. The molecule has 3 unspecified atom stereocenters. The molecule has 110 valence electrons. The molecular weight excluding hydrogens is 270 g/mol. The fourth-order valence-corrected chi connectivity index (χ4v) is 4.81. The van der Waals surface area contributed by atoms with Gasteiger partial charge >= 0.3 is 0 Å². The molecule has 1 aromatic rings. The smallest absolute Gasteiger partial charge is 0.115 e. The molecule has 0 aliphatic carbocycles. The van der Waals surface area contributed by atoms with Gasteiger partial charge in [-0.1, -0.05) is 6.92 Å². The van der Waals surface area contributed by atoms with Crippen LogP contribution in [-0.2, 0) is 4.74 Å². The molecule has 2 aliphatic rings. The van der Waals surface area contributed by atoms with Gasteiger partial charge in [-0.3, -0.25) is 0 Å². The van der Waals surface area contributed by atoms with Crippen molar-refractivity contribution < 1.29 is 4.74 Å². The van der Waals surface area contributed by atoms with E-state index >= 15 is 0 Å². The zero-order valence-electron chi connectivity index (χ0n) is 12.0. The maximum absolute atomic E-state index is 6.14. The molecule has 3 heterocycles. The Morgan fingerprint density at radius 3 is 3.25 bits per heavy atom. The van der Waals surface area contributed by atoms with Gasteiger partial charge in [-0.05, 0) is 43.5 Å². The van der Waals surface area contributed by atoms with E-state index in [-0.39, 0.29) is 5.60 Å². The maximum Gasteiger partial charge on any atom is 0.115 e. The molecule has 0 radical (unpaired) electrons. The highest BCUT2D eigenvalue weighted by Gasteiger charge is 2.42. The zero-order valence-corrected chi connectivity index (χ0v) is 12.9. The molecule has 1 spiro atoms. The van der Waals surface area contributed by atoms with Crippen LogP contribution in [0, 0.1) is 5.92 Å². The summed E-state index contributed by atoms with van der Waals surface area (Å²) in [5.74, 6) is 3.01. The summed E-state index contributed by atoms with van der Waals surface area (Å²) in [7, 11) is 0. The van der Waals surface area contributed by atoms with E-state index in [2.05, 4.69) is 22.2 Å². The van der Waals surface area contributed by atoms with E-state index in [1.165, 1.54) is 12.2 Å². The average molecular weight is 293 g/mol. The summed E-state index contributed by atoms with van der Waals surface area (Å²) in [5, 5.41) is 3.62. The minimum Gasteiger partial charge on any atom is -0.374 e. The van der Waals surface area contributed by atoms with Gasteiger partial charge in [-0.2, -0.15) is 11.8 Å². The molecule has 5 heteroatoms. The van der Waals surface area contributed by atoms with Crippen LogP contribution in [0.4, 0.5) is 0 Å². The Kier molecular flexibility index (Phi) is 4.58. The second-order valence-corrected chi connectivity index (χ2v) is 6.86. The normalized spacial score (nSPS) is 31.6. The van der Waals surface area contributed by atoms with Crippen LogP contribution in [-0.4, -0.2) is 40.2 Å². The number of thioether (sulfide) groups is 1. The molecule has 0 saturated carbocycles. The minimum atomic E-state index is 0.133. The highest BCUT2D eigenvalue weighted by molar-refractivity contribution is 7.99. The van der Waals surface area contributed by atoms with E-state index in [9.17, 15) is 0 Å². The number of aromatic nitrogens is 2. The fraction of sp³-hybridized carbons (Fsp3) is 0.733. The number of rotatable bonds is 4. The predicted octanol–water partition coefficient (Wildman–Crippen LogP) is 2.43. The van der Waals surface area contributed by atoms with Gasteiger partial charge in [0.15, 0.2) is 0 Å². The molecule has 0 aromatic carbocycles. The lowest BCUT2D eigenvalue weighted by Gasteiger charge is -2.41. The van der Waals surface area contributed by atoms with E-state index in [0.717, 1.165) is 37.4 Å². The lowest BCUT2D eigenvalue weighted by atomic mass is 9.80. The predicted molar refractivity (Wildman–Crippen MR) is 81.8 cm³/mol. The van der Waals surface area contributed by atoms with Crippen LogP contribution in [0.15, 0.2) is 18.6 Å². The van der Waals surface area contributed by atoms with Crippen LogP contribution in [0.25, 0.3) is 0 Å². The molecule has 1 N–H and O–H groups in total. The minimum absolute atomic E-state index is 0.133. The molecule has 0 bridgehead atoms. The Morgan fingerprint density at radius 2 is 2.55 bits per heavy atom. The van der Waals surface area contributed by atoms with Gasteiger partial charge in [0.25, 0.3) is 0 Å². The van der Waals surface area contributed by atoms with Crippen molar-refractivity contribution in [3.63, 3.8) is 0 Å². The van der Waals surface area contributed by atoms with Gasteiger partial charge < -0.3 is 10.1 Å². The van der Waals surface area contributed by atoms with Gasteiger partial charge in [0.05, 0.1) is 17.3 Å². The maximum atomic E-state index is 6.14. The second-order valence-electron chi connectivity index (χ2n) is 5.76. The van der Waals surface area contributed by atoms with Crippen LogP contribution < -0.4 is 5.32 Å². The van der Waals surface area contributed by atoms with E-state index in [4.69, 9.17) is 4.74 Å². The highest BCUT2D eigenvalue weighted by Crippen LogP contribution is 2.43. The standard InChI is InChI=1S/C15H23N3OS/c1-2-17-14(13-3-6-16-11-18-13)12-4-7-19-15(9-12)5-8-20-10-15/h3,6,11-12,14,17H,2,4-5,7-10H2,1H3. The fourth-order valence-electron chi connectivity index (χ4n) is 3.43. The van der Waals surface area contributed by atoms with Crippen molar-refractivity contribution in [1.29, 1.82) is 0 Å². The highest BCUT2D eigenvalue weighted by atomic mass is 32.2. The topological polar surface area (TPSA) is 47.0 Å². The lowest BCUT2D eigenvalue weighted by Crippen LogP contribution is -2.44. The van der Waals surface area contributed by atoms with E-state index in [0.29, 0.717) is 12.0 Å². The average Bonchev–Trinajstić information content (AvgIpc) is 2.93. The van der Waals surface area contributed by atoms with Crippen molar-refractivity contribution in [3.8, 4) is 0 Å². The molecule has 2 aliphatic heterocycles. The summed E-state index contributed by atoms with van der Waals surface area (Å²) in [5.41, 5.74) is 1.25. The van der Waals surface area contributed by atoms with Crippen molar-refractivity contribution in [2.24, 2.45) is 5.92 Å². The molecule has 2 saturated heterocycles. The van der Waals surface area contributed by atoms with Crippen molar-refractivity contribution in [3.05, 3.63) is 24.3 Å². The van der Waals surface area contributed by atoms with E-state index in [1.807, 2.05) is 24.0 Å². The van der Waals surface area contributed by atoms with Gasteiger partial charge in [0.1, 0.15) is 6.33 Å². The Balaban J connectivity index is 1.77. The van der Waals surface area contributed by atoms with Gasteiger partial charge in [0, 0.05) is 18.6 Å². The molecule has 0 amide bonds. The first kappa shape index (κ1) is 14.3. The molecular formula is C15H23N3OS. The van der Waals surface area contributed by atoms with Crippen LogP contribution in [0.2, 0.25) is 0 Å². The van der Waals surface area contributed by atoms with Gasteiger partial charge in [-0.25, -0.2) is 9.97 Å². The Hall–Kier alpha value is -0.650. The van der Waals surface area contributed by atoms with Crippen molar-refractivity contribution >= 4 is 11.8 Å². The quantitative estimate of drug-likeness (QED) is 0.924. The summed E-state index contributed by atoms with van der Waals surface area (Å²) >= 11 is 2.03. The molecule has 1 aromatic heterocycles. The van der Waals surface area contributed by atoms with Crippen LogP contribution >= 0.6 is 11.8 Å². The number of hydrogen-bond donors (Lipinski definition) is 1. The largest absolute Gasteiger partial charge is 0.374 e. The summed E-state index contributed by atoms with van der Waals surface area (Å²) in [6.45, 7) is 4.01. The Bertz CT molecular complexity index is 422. The summed E-state index contributed by atoms with van der Waals surface area (Å²) in [6.07, 6.45) is 6.97. The Labute approximate surface area is 125 Å². The van der Waals surface area contributed by atoms with Crippen LogP contribution in [0.5, 0.6) is 0 Å². The van der Waals surface area contributed by atoms with Crippen LogP contribution in [0.3, 0.4) is 0 Å². The Morgan fingerprint density at radius 1 is 1.60 bits per heavy atom. The third-order valence-electron chi connectivity index (χ3n) is 4.42. The third-order valence-corrected chi connectivity index (χ3v) is 5.64. The van der Waals surface area contributed by atoms with Crippen LogP contribution in [0.1, 0.15) is 37.9 Å². The summed E-state index contributed by atoms with van der Waals surface area (Å²) in [4.78, 5) is 8.51. The van der Waals surface area contributed by atoms with Gasteiger partial charge in [0.2, 0.25) is 0 Å². The van der Waals surface area contributed by atoms with Crippen molar-refractivity contribution in [2.45, 2.75) is 37.8 Å². The molecule has 3 atom stereocenters. The van der Waals surface area contributed by atoms with Crippen molar-refractivity contribution in [2.75, 3.05) is 24.7 Å². The molecule has 2 fully saturated rings. The van der Waals surface area contributed by atoms with Gasteiger partial charge in [-0.15, -0.1) is 0 Å². The first-order valence-electron chi connectivity index (χ1n) is 7.54. The SMILES string of the molecule is CCNC(c1ccncn1)C1CCOC2(CCSC2)C1. The second kappa shape index (κ2) is 6.41. The third kappa shape index (κ3) is 3.00. The summed E-state index contributed by atoms with van der Waals surface area (Å²) in [6, 6.07) is 2.37. The lowest BCUT2D eigenvalue weighted by molar-refractivity contribution is -0.0855. The molecule has 20 heavy (non-hydrogen) atoms. The first-order valence-corrected chi connectivity index (χ1v) is 8.69. The number of hydrogen-bond acceptors (Lipinski definition) is 5. The van der Waals surface area contributed by atoms with Crippen molar-refractivity contribution in [1.82, 2.24) is 15.3 Å². The van der Waals surface area contributed by atoms with E-state index < -0.39 is 0 Å². The van der Waals surface area contributed by atoms with E-state index in [1.54, 1.807) is 6.33 Å². The first-order chi connectivity index (χ1) is 9.83. The monoisotopic (exact) mass is 293 g/mol. The number of nitrogens with one attached hydrogen (secondary N) is 1. The zero-order chi connectivity index (χ0) is 13.8. The molecule has 4 nitrogen and oxygen atoms in total. The number of nitrogens with zero attached hydrogens (tertiary/aromatic N) is 2.